The lowest BCUT2D eigenvalue weighted by molar-refractivity contribution is -0.131. The lowest BCUT2D eigenvalue weighted by Gasteiger charge is -2.34. The number of rotatable bonds is 3. The summed E-state index contributed by atoms with van der Waals surface area (Å²) >= 11 is 4.86. The number of thiophene rings is 1. The SMILES string of the molecule is O=C(CN1CCN(C(=O)c2ccc(Br)s2)CC1)N1CCCC1. The monoisotopic (exact) mass is 385 g/mol. The van der Waals surface area contributed by atoms with Gasteiger partial charge in [-0.15, -0.1) is 11.3 Å². The van der Waals surface area contributed by atoms with Crippen LogP contribution in [0, 0.1) is 0 Å². The Morgan fingerprint density at radius 3 is 2.27 bits per heavy atom. The van der Waals surface area contributed by atoms with Crippen molar-refractivity contribution < 1.29 is 9.59 Å². The highest BCUT2D eigenvalue weighted by Gasteiger charge is 2.26. The van der Waals surface area contributed by atoms with E-state index in [0.29, 0.717) is 19.6 Å². The minimum absolute atomic E-state index is 0.0984. The summed E-state index contributed by atoms with van der Waals surface area (Å²) in [6.45, 7) is 5.25. The molecule has 7 heteroatoms. The van der Waals surface area contributed by atoms with E-state index in [1.807, 2.05) is 21.9 Å². The highest BCUT2D eigenvalue weighted by molar-refractivity contribution is 9.11. The molecule has 0 N–H and O–H groups in total. The molecule has 2 aliphatic rings. The molecule has 5 nitrogen and oxygen atoms in total. The van der Waals surface area contributed by atoms with Gasteiger partial charge in [-0.25, -0.2) is 0 Å². The number of nitrogens with zero attached hydrogens (tertiary/aromatic N) is 3. The third-order valence-electron chi connectivity index (χ3n) is 4.26. The van der Waals surface area contributed by atoms with Gasteiger partial charge in [0.05, 0.1) is 15.2 Å². The van der Waals surface area contributed by atoms with Crippen LogP contribution in [0.15, 0.2) is 15.9 Å². The molecule has 2 fully saturated rings. The number of likely N-dealkylation sites (tertiary alicyclic amines) is 1. The molecule has 0 unspecified atom stereocenters. The molecule has 3 rings (SSSR count). The van der Waals surface area contributed by atoms with Crippen molar-refractivity contribution in [2.75, 3.05) is 45.8 Å². The minimum Gasteiger partial charge on any atom is -0.342 e. The van der Waals surface area contributed by atoms with Gasteiger partial charge in [0, 0.05) is 39.3 Å². The minimum atomic E-state index is 0.0984. The first kappa shape index (κ1) is 16.0. The molecule has 2 saturated heterocycles. The number of amides is 2. The van der Waals surface area contributed by atoms with Crippen molar-refractivity contribution in [1.29, 1.82) is 0 Å². The fraction of sp³-hybridized carbons (Fsp3) is 0.600. The zero-order valence-corrected chi connectivity index (χ0v) is 14.9. The molecular weight excluding hydrogens is 366 g/mol. The van der Waals surface area contributed by atoms with Gasteiger partial charge < -0.3 is 9.80 Å². The van der Waals surface area contributed by atoms with Crippen molar-refractivity contribution >= 4 is 39.1 Å². The van der Waals surface area contributed by atoms with E-state index >= 15 is 0 Å². The van der Waals surface area contributed by atoms with E-state index in [4.69, 9.17) is 0 Å². The van der Waals surface area contributed by atoms with E-state index in [1.54, 1.807) is 0 Å². The van der Waals surface area contributed by atoms with Crippen molar-refractivity contribution in [2.24, 2.45) is 0 Å². The average molecular weight is 386 g/mol. The zero-order valence-electron chi connectivity index (χ0n) is 12.5. The normalized spacial score (nSPS) is 19.7. The van der Waals surface area contributed by atoms with Crippen LogP contribution in [0.3, 0.4) is 0 Å². The maximum absolute atomic E-state index is 12.4. The molecule has 0 aliphatic carbocycles. The van der Waals surface area contributed by atoms with Gasteiger partial charge in [-0.2, -0.15) is 0 Å². The molecule has 0 bridgehead atoms. The van der Waals surface area contributed by atoms with E-state index < -0.39 is 0 Å². The van der Waals surface area contributed by atoms with Crippen LogP contribution < -0.4 is 0 Å². The van der Waals surface area contributed by atoms with E-state index in [2.05, 4.69) is 20.8 Å². The Bertz CT molecular complexity index is 549. The molecule has 1 aromatic heterocycles. The smallest absolute Gasteiger partial charge is 0.264 e. The summed E-state index contributed by atoms with van der Waals surface area (Å²) < 4.78 is 0.977. The van der Waals surface area contributed by atoms with Crippen molar-refractivity contribution in [3.05, 3.63) is 20.8 Å². The van der Waals surface area contributed by atoms with Crippen LogP contribution in [0.2, 0.25) is 0 Å². The second-order valence-corrected chi connectivity index (χ2v) is 8.22. The average Bonchev–Trinajstić information content (AvgIpc) is 3.18. The molecule has 2 amide bonds. The van der Waals surface area contributed by atoms with Gasteiger partial charge in [0.1, 0.15) is 0 Å². The van der Waals surface area contributed by atoms with Crippen molar-refractivity contribution in [3.8, 4) is 0 Å². The van der Waals surface area contributed by atoms with Crippen LogP contribution in [0.5, 0.6) is 0 Å². The first-order valence-corrected chi connectivity index (χ1v) is 9.29. The number of hydrogen-bond donors (Lipinski definition) is 0. The molecule has 1 aromatic rings. The molecular formula is C15H20BrN3O2S. The Kier molecular flexibility index (Phi) is 5.15. The van der Waals surface area contributed by atoms with E-state index in [0.717, 1.165) is 47.7 Å². The third-order valence-corrected chi connectivity index (χ3v) is 5.87. The Morgan fingerprint density at radius 2 is 1.68 bits per heavy atom. The molecule has 0 aromatic carbocycles. The van der Waals surface area contributed by atoms with Crippen LogP contribution >= 0.6 is 27.3 Å². The van der Waals surface area contributed by atoms with Gasteiger partial charge in [-0.1, -0.05) is 0 Å². The molecule has 120 valence electrons. The summed E-state index contributed by atoms with van der Waals surface area (Å²) in [5, 5.41) is 0. The van der Waals surface area contributed by atoms with Gasteiger partial charge in [0.15, 0.2) is 0 Å². The van der Waals surface area contributed by atoms with Crippen LogP contribution in [0.25, 0.3) is 0 Å². The fourth-order valence-corrected chi connectivity index (χ4v) is 4.31. The highest BCUT2D eigenvalue weighted by atomic mass is 79.9. The summed E-state index contributed by atoms with van der Waals surface area (Å²) in [7, 11) is 0. The van der Waals surface area contributed by atoms with Gasteiger partial charge >= 0.3 is 0 Å². The second kappa shape index (κ2) is 7.10. The van der Waals surface area contributed by atoms with E-state index in [1.165, 1.54) is 11.3 Å². The summed E-state index contributed by atoms with van der Waals surface area (Å²) in [5.41, 5.74) is 0. The number of carbonyl (C=O) groups excluding carboxylic acids is 2. The molecule has 0 spiro atoms. The quantitative estimate of drug-likeness (QED) is 0.797. The van der Waals surface area contributed by atoms with E-state index in [-0.39, 0.29) is 11.8 Å². The van der Waals surface area contributed by atoms with Crippen LogP contribution in [0.1, 0.15) is 22.5 Å². The van der Waals surface area contributed by atoms with Crippen LogP contribution in [-0.2, 0) is 4.79 Å². The standard InChI is InChI=1S/C15H20BrN3O2S/c16-13-4-3-12(22-13)15(21)19-9-7-17(8-10-19)11-14(20)18-5-1-2-6-18/h3-4H,1-2,5-11H2. The largest absolute Gasteiger partial charge is 0.342 e. The molecule has 3 heterocycles. The Morgan fingerprint density at radius 1 is 1.00 bits per heavy atom. The van der Waals surface area contributed by atoms with Gasteiger partial charge in [-0.05, 0) is 40.9 Å². The summed E-state index contributed by atoms with van der Waals surface area (Å²) in [6.07, 6.45) is 2.26. The number of halogens is 1. The summed E-state index contributed by atoms with van der Waals surface area (Å²) in [6, 6.07) is 3.77. The van der Waals surface area contributed by atoms with E-state index in [9.17, 15) is 9.59 Å². The maximum atomic E-state index is 12.4. The van der Waals surface area contributed by atoms with Gasteiger partial charge in [0.2, 0.25) is 5.91 Å². The number of hydrogen-bond acceptors (Lipinski definition) is 4. The molecule has 0 saturated carbocycles. The molecule has 0 atom stereocenters. The van der Waals surface area contributed by atoms with Gasteiger partial charge in [0.25, 0.3) is 5.91 Å². The summed E-state index contributed by atoms with van der Waals surface area (Å²) in [5.74, 6) is 0.334. The molecule has 2 aliphatic heterocycles. The first-order valence-electron chi connectivity index (χ1n) is 7.68. The third kappa shape index (κ3) is 3.70. The predicted molar refractivity (Wildman–Crippen MR) is 90.2 cm³/mol. The highest BCUT2D eigenvalue weighted by Crippen LogP contribution is 2.23. The fourth-order valence-electron chi connectivity index (χ4n) is 2.95. The lowest BCUT2D eigenvalue weighted by Crippen LogP contribution is -2.51. The molecule has 22 heavy (non-hydrogen) atoms. The van der Waals surface area contributed by atoms with Crippen LogP contribution in [-0.4, -0.2) is 72.3 Å². The van der Waals surface area contributed by atoms with Crippen molar-refractivity contribution in [1.82, 2.24) is 14.7 Å². The summed E-state index contributed by atoms with van der Waals surface area (Å²) in [4.78, 5) is 31.3. The zero-order chi connectivity index (χ0) is 15.5. The Balaban J connectivity index is 1.47. The second-order valence-electron chi connectivity index (χ2n) is 5.76. The van der Waals surface area contributed by atoms with Crippen molar-refractivity contribution in [3.63, 3.8) is 0 Å². The van der Waals surface area contributed by atoms with Gasteiger partial charge in [-0.3, -0.25) is 14.5 Å². The first-order chi connectivity index (χ1) is 10.6. The maximum Gasteiger partial charge on any atom is 0.264 e. The number of piperazine rings is 1. The number of carbonyl (C=O) groups is 2. The van der Waals surface area contributed by atoms with Crippen LogP contribution in [0.4, 0.5) is 0 Å². The Hall–Kier alpha value is -0.920. The lowest BCUT2D eigenvalue weighted by atomic mass is 10.3. The molecule has 0 radical (unpaired) electrons. The topological polar surface area (TPSA) is 43.9 Å². The predicted octanol–water partition coefficient (Wildman–Crippen LogP) is 1.89. The Labute approximate surface area is 143 Å². The van der Waals surface area contributed by atoms with Crippen molar-refractivity contribution in [2.45, 2.75) is 12.8 Å².